The molecule has 0 bridgehead atoms. The number of fused-ring (bicyclic) bond motifs is 1. The Hall–Kier alpha value is -2.25. The highest BCUT2D eigenvalue weighted by Gasteiger charge is 2.32. The van der Waals surface area contributed by atoms with Crippen LogP contribution in [-0.2, 0) is 13.0 Å². The lowest BCUT2D eigenvalue weighted by molar-refractivity contribution is 0.195. The number of hydrogen-bond donors (Lipinski definition) is 2. The molecule has 1 atom stereocenters. The SMILES string of the molecule is CNc1nc(CN2CCc3[nH]cnc3C2c2ccccn2)cs1. The van der Waals surface area contributed by atoms with E-state index in [0.717, 1.165) is 41.7 Å². The van der Waals surface area contributed by atoms with Crippen molar-refractivity contribution in [3.05, 3.63) is 58.9 Å². The molecule has 1 aliphatic rings. The number of aromatic amines is 1. The van der Waals surface area contributed by atoms with Gasteiger partial charge < -0.3 is 10.3 Å². The second-order valence-corrected chi connectivity index (χ2v) is 6.40. The summed E-state index contributed by atoms with van der Waals surface area (Å²) >= 11 is 1.64. The number of H-pyrrole nitrogens is 1. The monoisotopic (exact) mass is 326 g/mol. The van der Waals surface area contributed by atoms with E-state index in [0.29, 0.717) is 0 Å². The van der Waals surface area contributed by atoms with Gasteiger partial charge in [0.2, 0.25) is 0 Å². The Morgan fingerprint density at radius 3 is 3.13 bits per heavy atom. The molecule has 0 amide bonds. The fraction of sp³-hybridized carbons (Fsp3) is 0.312. The molecule has 0 aliphatic carbocycles. The zero-order valence-electron chi connectivity index (χ0n) is 12.9. The predicted molar refractivity (Wildman–Crippen MR) is 90.4 cm³/mol. The highest BCUT2D eigenvalue weighted by Crippen LogP contribution is 2.33. The maximum Gasteiger partial charge on any atom is 0.182 e. The first-order chi connectivity index (χ1) is 11.3. The van der Waals surface area contributed by atoms with Crippen molar-refractivity contribution in [1.29, 1.82) is 0 Å². The molecule has 6 nitrogen and oxygen atoms in total. The van der Waals surface area contributed by atoms with Crippen LogP contribution in [0.25, 0.3) is 0 Å². The summed E-state index contributed by atoms with van der Waals surface area (Å²) < 4.78 is 0. The van der Waals surface area contributed by atoms with E-state index in [9.17, 15) is 0 Å². The lowest BCUT2D eigenvalue weighted by Gasteiger charge is -2.34. The van der Waals surface area contributed by atoms with Gasteiger partial charge in [-0.15, -0.1) is 11.3 Å². The Kier molecular flexibility index (Phi) is 3.80. The molecule has 0 aromatic carbocycles. The van der Waals surface area contributed by atoms with Crippen LogP contribution in [0.15, 0.2) is 36.1 Å². The third kappa shape index (κ3) is 2.73. The van der Waals surface area contributed by atoms with Crippen LogP contribution in [0.1, 0.15) is 28.8 Å². The predicted octanol–water partition coefficient (Wildman–Crippen LogP) is 2.45. The molecule has 1 unspecified atom stereocenters. The number of nitrogens with zero attached hydrogens (tertiary/aromatic N) is 4. The highest BCUT2D eigenvalue weighted by molar-refractivity contribution is 7.13. The maximum atomic E-state index is 4.61. The van der Waals surface area contributed by atoms with Gasteiger partial charge >= 0.3 is 0 Å². The van der Waals surface area contributed by atoms with Gasteiger partial charge in [0.05, 0.1) is 29.5 Å². The van der Waals surface area contributed by atoms with Crippen molar-refractivity contribution < 1.29 is 0 Å². The van der Waals surface area contributed by atoms with E-state index < -0.39 is 0 Å². The molecule has 0 radical (unpaired) electrons. The van der Waals surface area contributed by atoms with Crippen LogP contribution in [0.5, 0.6) is 0 Å². The topological polar surface area (TPSA) is 69.7 Å². The molecular formula is C16H18N6S. The number of rotatable bonds is 4. The third-order valence-corrected chi connectivity index (χ3v) is 5.03. The summed E-state index contributed by atoms with van der Waals surface area (Å²) in [5, 5.41) is 6.16. The van der Waals surface area contributed by atoms with E-state index in [2.05, 4.69) is 41.6 Å². The van der Waals surface area contributed by atoms with Crippen molar-refractivity contribution in [1.82, 2.24) is 24.8 Å². The Labute approximate surface area is 138 Å². The van der Waals surface area contributed by atoms with Crippen LogP contribution >= 0.6 is 11.3 Å². The minimum absolute atomic E-state index is 0.0749. The molecule has 4 rings (SSSR count). The first-order valence-corrected chi connectivity index (χ1v) is 8.52. The third-order valence-electron chi connectivity index (χ3n) is 4.12. The standard InChI is InChI=1S/C16H18N6S/c1-17-16-21-11(9-23-16)8-22-7-5-12-14(20-10-19-12)15(22)13-4-2-3-6-18-13/h2-4,6,9-10,15H,5,7-8H2,1H3,(H,17,21)(H,19,20). The zero-order valence-corrected chi connectivity index (χ0v) is 13.7. The Bertz CT molecular complexity index is 781. The van der Waals surface area contributed by atoms with Crippen LogP contribution in [0.3, 0.4) is 0 Å². The number of hydrogen-bond acceptors (Lipinski definition) is 6. The van der Waals surface area contributed by atoms with Crippen molar-refractivity contribution in [2.24, 2.45) is 0 Å². The molecule has 0 saturated heterocycles. The van der Waals surface area contributed by atoms with E-state index in [-0.39, 0.29) is 6.04 Å². The Morgan fingerprint density at radius 1 is 1.39 bits per heavy atom. The minimum Gasteiger partial charge on any atom is -0.365 e. The normalized spacial score (nSPS) is 17.9. The van der Waals surface area contributed by atoms with E-state index >= 15 is 0 Å². The second kappa shape index (κ2) is 6.10. The van der Waals surface area contributed by atoms with Crippen LogP contribution in [0, 0.1) is 0 Å². The van der Waals surface area contributed by atoms with Crippen LogP contribution < -0.4 is 5.32 Å². The van der Waals surface area contributed by atoms with E-state index in [1.807, 2.05) is 25.4 Å². The summed E-state index contributed by atoms with van der Waals surface area (Å²) in [6, 6.07) is 6.12. The highest BCUT2D eigenvalue weighted by atomic mass is 32.1. The summed E-state index contributed by atoms with van der Waals surface area (Å²) in [5.74, 6) is 0. The number of imidazole rings is 1. The molecule has 0 spiro atoms. The van der Waals surface area contributed by atoms with Gasteiger partial charge in [0.1, 0.15) is 0 Å². The van der Waals surface area contributed by atoms with Gasteiger partial charge in [0, 0.05) is 43.8 Å². The van der Waals surface area contributed by atoms with E-state index in [1.165, 1.54) is 5.69 Å². The van der Waals surface area contributed by atoms with Gasteiger partial charge in [-0.3, -0.25) is 9.88 Å². The Balaban J connectivity index is 1.67. The van der Waals surface area contributed by atoms with Crippen LogP contribution in [0.4, 0.5) is 5.13 Å². The number of thiazole rings is 1. The number of pyridine rings is 1. The van der Waals surface area contributed by atoms with E-state index in [4.69, 9.17) is 0 Å². The summed E-state index contributed by atoms with van der Waals surface area (Å²) in [6.07, 6.45) is 4.60. The van der Waals surface area contributed by atoms with E-state index in [1.54, 1.807) is 17.7 Å². The summed E-state index contributed by atoms with van der Waals surface area (Å²) in [5.41, 5.74) is 4.41. The van der Waals surface area contributed by atoms with Gasteiger partial charge in [-0.1, -0.05) is 6.07 Å². The molecule has 3 aromatic rings. The first-order valence-electron chi connectivity index (χ1n) is 7.64. The van der Waals surface area contributed by atoms with Crippen molar-refractivity contribution in [2.45, 2.75) is 19.0 Å². The second-order valence-electron chi connectivity index (χ2n) is 5.54. The molecule has 118 valence electrons. The number of nitrogens with one attached hydrogen (secondary N) is 2. The number of aromatic nitrogens is 4. The summed E-state index contributed by atoms with van der Waals surface area (Å²) in [7, 11) is 1.90. The first kappa shape index (κ1) is 14.3. The fourth-order valence-electron chi connectivity index (χ4n) is 3.06. The molecule has 0 saturated carbocycles. The van der Waals surface area contributed by atoms with Gasteiger partial charge in [0.15, 0.2) is 5.13 Å². The van der Waals surface area contributed by atoms with Crippen molar-refractivity contribution in [2.75, 3.05) is 18.9 Å². The van der Waals surface area contributed by atoms with Gasteiger partial charge in [-0.05, 0) is 12.1 Å². The molecular weight excluding hydrogens is 308 g/mol. The zero-order chi connectivity index (χ0) is 15.6. The quantitative estimate of drug-likeness (QED) is 0.771. The summed E-state index contributed by atoms with van der Waals surface area (Å²) in [4.78, 5) is 19.4. The average molecular weight is 326 g/mol. The van der Waals surface area contributed by atoms with Crippen molar-refractivity contribution >= 4 is 16.5 Å². The molecule has 2 N–H and O–H groups in total. The Morgan fingerprint density at radius 2 is 2.35 bits per heavy atom. The smallest absolute Gasteiger partial charge is 0.182 e. The molecule has 3 aromatic heterocycles. The lowest BCUT2D eigenvalue weighted by Crippen LogP contribution is -2.36. The summed E-state index contributed by atoms with van der Waals surface area (Å²) in [6.45, 7) is 1.76. The molecule has 0 fully saturated rings. The average Bonchev–Trinajstić information content (AvgIpc) is 3.24. The van der Waals surface area contributed by atoms with Crippen molar-refractivity contribution in [3.63, 3.8) is 0 Å². The fourth-order valence-corrected chi connectivity index (χ4v) is 3.73. The van der Waals surface area contributed by atoms with Crippen LogP contribution in [-0.4, -0.2) is 38.4 Å². The maximum absolute atomic E-state index is 4.61. The van der Waals surface area contributed by atoms with Crippen molar-refractivity contribution in [3.8, 4) is 0 Å². The van der Waals surface area contributed by atoms with Crippen LogP contribution in [0.2, 0.25) is 0 Å². The number of anilines is 1. The molecule has 4 heterocycles. The van der Waals surface area contributed by atoms with Gasteiger partial charge in [0.25, 0.3) is 0 Å². The van der Waals surface area contributed by atoms with Gasteiger partial charge in [-0.25, -0.2) is 9.97 Å². The minimum atomic E-state index is 0.0749. The molecule has 23 heavy (non-hydrogen) atoms. The van der Waals surface area contributed by atoms with Gasteiger partial charge in [-0.2, -0.15) is 0 Å². The molecule has 7 heteroatoms. The largest absolute Gasteiger partial charge is 0.365 e. The molecule has 1 aliphatic heterocycles. The lowest BCUT2D eigenvalue weighted by atomic mass is 9.99.